The Bertz CT molecular complexity index is 569. The Kier molecular flexibility index (Phi) is 3.91. The van der Waals surface area contributed by atoms with E-state index < -0.39 is 6.10 Å². The van der Waals surface area contributed by atoms with Gasteiger partial charge in [0.05, 0.1) is 6.10 Å². The van der Waals surface area contributed by atoms with Gasteiger partial charge in [0.2, 0.25) is 0 Å². The topological polar surface area (TPSA) is 29.5 Å². The first-order valence-corrected chi connectivity index (χ1v) is 6.51. The van der Waals surface area contributed by atoms with Crippen molar-refractivity contribution < 1.29 is 9.84 Å². The van der Waals surface area contributed by atoms with Gasteiger partial charge in [-0.3, -0.25) is 0 Å². The highest BCUT2D eigenvalue weighted by molar-refractivity contribution is 5.47. The molecule has 0 heterocycles. The van der Waals surface area contributed by atoms with E-state index in [1.54, 1.807) is 6.92 Å². The van der Waals surface area contributed by atoms with E-state index in [4.69, 9.17) is 4.74 Å². The molecular weight excluding hydrogens is 236 g/mol. The molecule has 1 N–H and O–H groups in total. The van der Waals surface area contributed by atoms with Crippen LogP contribution in [0, 0.1) is 20.8 Å². The number of hydrogen-bond donors (Lipinski definition) is 1. The first kappa shape index (κ1) is 13.6. The van der Waals surface area contributed by atoms with Gasteiger partial charge in [0, 0.05) is 0 Å². The van der Waals surface area contributed by atoms with Gasteiger partial charge in [0.1, 0.15) is 11.5 Å². The number of aliphatic hydroxyl groups excluding tert-OH is 1. The zero-order valence-electron chi connectivity index (χ0n) is 11.9. The van der Waals surface area contributed by atoms with Crippen molar-refractivity contribution in [2.24, 2.45) is 0 Å². The smallest absolute Gasteiger partial charge is 0.133 e. The predicted molar refractivity (Wildman–Crippen MR) is 77.8 cm³/mol. The van der Waals surface area contributed by atoms with Crippen LogP contribution in [0.4, 0.5) is 0 Å². The number of rotatable bonds is 3. The van der Waals surface area contributed by atoms with Crippen LogP contribution in [-0.2, 0) is 0 Å². The normalized spacial score (nSPS) is 12.3. The van der Waals surface area contributed by atoms with Crippen molar-refractivity contribution in [1.29, 1.82) is 0 Å². The molecule has 0 spiro atoms. The van der Waals surface area contributed by atoms with Crippen LogP contribution in [0.3, 0.4) is 0 Å². The summed E-state index contributed by atoms with van der Waals surface area (Å²) in [5.41, 5.74) is 4.41. The number of benzene rings is 2. The first-order chi connectivity index (χ1) is 8.99. The van der Waals surface area contributed by atoms with E-state index in [1.165, 1.54) is 11.1 Å². The lowest BCUT2D eigenvalue weighted by atomic mass is 10.1. The Hall–Kier alpha value is -1.80. The average Bonchev–Trinajstić information content (AvgIpc) is 2.40. The third-order valence-electron chi connectivity index (χ3n) is 3.46. The fourth-order valence-corrected chi connectivity index (χ4v) is 2.01. The summed E-state index contributed by atoms with van der Waals surface area (Å²) in [5.74, 6) is 1.71. The number of hydrogen-bond acceptors (Lipinski definition) is 2. The molecule has 2 rings (SSSR count). The molecule has 1 atom stereocenters. The predicted octanol–water partition coefficient (Wildman–Crippen LogP) is 4.46. The SMILES string of the molecule is Cc1ccc(C)c(Oc2ccc(C(C)O)cc2)c1C. The van der Waals surface area contributed by atoms with Crippen LogP contribution < -0.4 is 4.74 Å². The summed E-state index contributed by atoms with van der Waals surface area (Å²) >= 11 is 0. The van der Waals surface area contributed by atoms with Crippen molar-refractivity contribution in [3.63, 3.8) is 0 Å². The fraction of sp³-hybridized carbons (Fsp3) is 0.294. The summed E-state index contributed by atoms with van der Waals surface area (Å²) in [6.45, 7) is 7.96. The summed E-state index contributed by atoms with van der Waals surface area (Å²) in [6, 6.07) is 11.7. The lowest BCUT2D eigenvalue weighted by molar-refractivity contribution is 0.199. The van der Waals surface area contributed by atoms with Gasteiger partial charge >= 0.3 is 0 Å². The monoisotopic (exact) mass is 256 g/mol. The summed E-state index contributed by atoms with van der Waals surface area (Å²) in [4.78, 5) is 0. The maximum Gasteiger partial charge on any atom is 0.133 e. The third kappa shape index (κ3) is 2.96. The molecule has 2 aromatic carbocycles. The van der Waals surface area contributed by atoms with Crippen LogP contribution >= 0.6 is 0 Å². The van der Waals surface area contributed by atoms with E-state index in [2.05, 4.69) is 26.0 Å². The van der Waals surface area contributed by atoms with Crippen LogP contribution in [-0.4, -0.2) is 5.11 Å². The van der Waals surface area contributed by atoms with Gasteiger partial charge in [0.15, 0.2) is 0 Å². The molecule has 0 amide bonds. The third-order valence-corrected chi connectivity index (χ3v) is 3.46. The molecule has 100 valence electrons. The number of aryl methyl sites for hydroxylation is 2. The minimum absolute atomic E-state index is 0.448. The Labute approximate surface area is 114 Å². The Morgan fingerprint density at radius 1 is 0.895 bits per heavy atom. The highest BCUT2D eigenvalue weighted by atomic mass is 16.5. The quantitative estimate of drug-likeness (QED) is 0.878. The second kappa shape index (κ2) is 5.45. The van der Waals surface area contributed by atoms with Gasteiger partial charge in [-0.2, -0.15) is 0 Å². The van der Waals surface area contributed by atoms with E-state index >= 15 is 0 Å². The maximum absolute atomic E-state index is 9.49. The first-order valence-electron chi connectivity index (χ1n) is 6.51. The van der Waals surface area contributed by atoms with Gasteiger partial charge in [-0.15, -0.1) is 0 Å². The molecule has 0 saturated carbocycles. The van der Waals surface area contributed by atoms with E-state index in [0.29, 0.717) is 0 Å². The van der Waals surface area contributed by atoms with E-state index in [1.807, 2.05) is 31.2 Å². The molecule has 2 aromatic rings. The van der Waals surface area contributed by atoms with E-state index in [0.717, 1.165) is 22.6 Å². The molecule has 0 bridgehead atoms. The molecular formula is C17H20O2. The average molecular weight is 256 g/mol. The second-order valence-electron chi connectivity index (χ2n) is 5.00. The zero-order valence-corrected chi connectivity index (χ0v) is 11.9. The maximum atomic E-state index is 9.49. The van der Waals surface area contributed by atoms with Gasteiger partial charge < -0.3 is 9.84 Å². The summed E-state index contributed by atoms with van der Waals surface area (Å²) in [7, 11) is 0. The molecule has 19 heavy (non-hydrogen) atoms. The molecule has 0 fully saturated rings. The minimum atomic E-state index is -0.448. The van der Waals surface area contributed by atoms with Crippen LogP contribution in [0.15, 0.2) is 36.4 Å². The Morgan fingerprint density at radius 3 is 2.05 bits per heavy atom. The van der Waals surface area contributed by atoms with Crippen LogP contribution in [0.2, 0.25) is 0 Å². The molecule has 0 aliphatic carbocycles. The van der Waals surface area contributed by atoms with Gasteiger partial charge in [-0.25, -0.2) is 0 Å². The summed E-state index contributed by atoms with van der Waals surface area (Å²) in [5, 5.41) is 9.49. The summed E-state index contributed by atoms with van der Waals surface area (Å²) in [6.07, 6.45) is -0.448. The molecule has 0 aliphatic heterocycles. The van der Waals surface area contributed by atoms with Crippen molar-refractivity contribution in [3.05, 3.63) is 58.7 Å². The molecule has 2 heteroatoms. The lowest BCUT2D eigenvalue weighted by Crippen LogP contribution is -1.94. The van der Waals surface area contributed by atoms with Crippen molar-refractivity contribution in [1.82, 2.24) is 0 Å². The van der Waals surface area contributed by atoms with E-state index in [9.17, 15) is 5.11 Å². The van der Waals surface area contributed by atoms with Crippen LogP contribution in [0.5, 0.6) is 11.5 Å². The minimum Gasteiger partial charge on any atom is -0.457 e. The van der Waals surface area contributed by atoms with Crippen molar-refractivity contribution >= 4 is 0 Å². The Balaban J connectivity index is 2.29. The van der Waals surface area contributed by atoms with Crippen molar-refractivity contribution in [2.75, 3.05) is 0 Å². The standard InChI is InChI=1S/C17H20O2/c1-11-5-6-12(2)17(13(11)3)19-16-9-7-15(8-10-16)14(4)18/h5-10,14,18H,1-4H3. The van der Waals surface area contributed by atoms with E-state index in [-0.39, 0.29) is 0 Å². The Morgan fingerprint density at radius 2 is 1.47 bits per heavy atom. The highest BCUT2D eigenvalue weighted by Crippen LogP contribution is 2.31. The number of ether oxygens (including phenoxy) is 1. The van der Waals surface area contributed by atoms with Crippen LogP contribution in [0.1, 0.15) is 35.3 Å². The molecule has 0 saturated heterocycles. The zero-order chi connectivity index (χ0) is 14.0. The molecule has 0 aliphatic rings. The second-order valence-corrected chi connectivity index (χ2v) is 5.00. The molecule has 0 aromatic heterocycles. The number of aliphatic hydroxyl groups is 1. The fourth-order valence-electron chi connectivity index (χ4n) is 2.01. The van der Waals surface area contributed by atoms with Crippen molar-refractivity contribution in [2.45, 2.75) is 33.8 Å². The van der Waals surface area contributed by atoms with Crippen LogP contribution in [0.25, 0.3) is 0 Å². The lowest BCUT2D eigenvalue weighted by Gasteiger charge is -2.14. The molecule has 0 radical (unpaired) electrons. The molecule has 2 nitrogen and oxygen atoms in total. The molecule has 1 unspecified atom stereocenters. The summed E-state index contributed by atoms with van der Waals surface area (Å²) < 4.78 is 5.97. The largest absolute Gasteiger partial charge is 0.457 e. The van der Waals surface area contributed by atoms with Gasteiger partial charge in [0.25, 0.3) is 0 Å². The van der Waals surface area contributed by atoms with Crippen molar-refractivity contribution in [3.8, 4) is 11.5 Å². The van der Waals surface area contributed by atoms with Gasteiger partial charge in [-0.1, -0.05) is 24.3 Å². The van der Waals surface area contributed by atoms with Gasteiger partial charge in [-0.05, 0) is 62.1 Å². The highest BCUT2D eigenvalue weighted by Gasteiger charge is 2.08.